The van der Waals surface area contributed by atoms with Crippen molar-refractivity contribution in [1.29, 1.82) is 0 Å². The van der Waals surface area contributed by atoms with Crippen molar-refractivity contribution in [2.24, 2.45) is 22.1 Å². The van der Waals surface area contributed by atoms with Crippen LogP contribution in [-0.4, -0.2) is 64.3 Å². The molecule has 0 radical (unpaired) electrons. The molecule has 0 amide bonds. The van der Waals surface area contributed by atoms with Crippen LogP contribution >= 0.6 is 11.3 Å². The maximum atomic E-state index is 12.6. The van der Waals surface area contributed by atoms with E-state index in [0.29, 0.717) is 48.3 Å². The molecule has 2 aliphatic rings. The van der Waals surface area contributed by atoms with E-state index in [0.717, 1.165) is 46.6 Å². The molecule has 1 aliphatic carbocycles. The Morgan fingerprint density at radius 3 is 2.76 bits per heavy atom. The van der Waals surface area contributed by atoms with E-state index in [1.54, 1.807) is 17.4 Å². The number of aliphatic hydroxyl groups excluding tert-OH is 1. The molecule has 46 heavy (non-hydrogen) atoms. The smallest absolute Gasteiger partial charge is 0.355 e. The van der Waals surface area contributed by atoms with Gasteiger partial charge in [-0.05, 0) is 72.9 Å². The van der Waals surface area contributed by atoms with Gasteiger partial charge < -0.3 is 25.6 Å². The number of para-hydroxylation sites is 1. The molecular formula is C36H41N5O4S. The van der Waals surface area contributed by atoms with Crippen LogP contribution in [0.1, 0.15) is 60.8 Å². The maximum absolute atomic E-state index is 12.6. The number of aliphatic imine (C=N–C) groups is 1. The van der Waals surface area contributed by atoms with E-state index in [-0.39, 0.29) is 23.8 Å². The van der Waals surface area contributed by atoms with Gasteiger partial charge in [0.2, 0.25) is 0 Å². The third kappa shape index (κ3) is 6.42. The summed E-state index contributed by atoms with van der Waals surface area (Å²) in [5.41, 5.74) is 12.2. The van der Waals surface area contributed by atoms with Gasteiger partial charge in [-0.3, -0.25) is 4.99 Å². The Kier molecular flexibility index (Phi) is 9.22. The number of carboxylic acids is 1. The number of hydrogen-bond acceptors (Lipinski definition) is 9. The molecule has 4 N–H and O–H groups in total. The highest BCUT2D eigenvalue weighted by atomic mass is 32.1. The molecule has 240 valence electrons. The lowest BCUT2D eigenvalue weighted by Crippen LogP contribution is -2.32. The Balaban J connectivity index is 1.24. The fourth-order valence-corrected chi connectivity index (χ4v) is 8.02. The molecule has 6 rings (SSSR count). The van der Waals surface area contributed by atoms with Crippen molar-refractivity contribution < 1.29 is 19.7 Å². The van der Waals surface area contributed by atoms with Crippen molar-refractivity contribution in [3.8, 4) is 10.6 Å². The number of aromatic nitrogens is 2. The van der Waals surface area contributed by atoms with E-state index in [4.69, 9.17) is 25.6 Å². The second kappa shape index (κ2) is 13.3. The van der Waals surface area contributed by atoms with Crippen LogP contribution in [0.2, 0.25) is 0 Å². The summed E-state index contributed by atoms with van der Waals surface area (Å²) in [7, 11) is 0. The van der Waals surface area contributed by atoms with Gasteiger partial charge in [0.05, 0.1) is 29.5 Å². The first-order chi connectivity index (χ1) is 22.2. The minimum atomic E-state index is -1.11. The van der Waals surface area contributed by atoms with Crippen LogP contribution in [0.5, 0.6) is 0 Å². The van der Waals surface area contributed by atoms with Crippen molar-refractivity contribution in [2.45, 2.75) is 52.7 Å². The van der Waals surface area contributed by atoms with E-state index < -0.39 is 5.97 Å². The third-order valence-corrected chi connectivity index (χ3v) is 10.4. The Bertz CT molecular complexity index is 1780. The number of carboxylic acid groups (broad SMARTS) is 1. The van der Waals surface area contributed by atoms with E-state index in [1.165, 1.54) is 17.3 Å². The number of nitrogens with zero attached hydrogens (tertiary/aromatic N) is 4. The first kappa shape index (κ1) is 31.8. The summed E-state index contributed by atoms with van der Waals surface area (Å²) in [5.74, 6) is -0.138. The first-order valence-corrected chi connectivity index (χ1v) is 16.6. The fourth-order valence-electron chi connectivity index (χ4n) is 7.00. The summed E-state index contributed by atoms with van der Waals surface area (Å²) in [6, 6.07) is 18.2. The Labute approximate surface area is 273 Å². The quantitative estimate of drug-likeness (QED) is 0.175. The van der Waals surface area contributed by atoms with E-state index in [9.17, 15) is 9.90 Å². The SMILES string of the molecule is CC(=NCC1(C)CC(C)C(OCCO)C1)C(=CN)c1ccc(N2CCc3cccc(-c4nc5ccccc5s4)c3C2)nc1C(=O)O. The van der Waals surface area contributed by atoms with Crippen LogP contribution in [-0.2, 0) is 17.7 Å². The number of carbonyl (C=O) groups is 1. The van der Waals surface area contributed by atoms with Gasteiger partial charge in [0, 0.05) is 48.2 Å². The zero-order valence-electron chi connectivity index (χ0n) is 26.6. The maximum Gasteiger partial charge on any atom is 0.355 e. The standard InChI is InChI=1S/C36H41N5O4S/c1-22-17-36(3,18-30(22)45-16-15-42)21-38-23(2)27(19-37)25-11-12-32(40-33(25)35(43)44)41-14-13-24-7-6-8-26(28(24)20-41)34-39-29-9-4-5-10-31(29)46-34/h4-12,19,22,30,42H,13-18,20-21,37H2,1-3H3,(H,43,44). The highest BCUT2D eigenvalue weighted by molar-refractivity contribution is 7.21. The number of fused-ring (bicyclic) bond motifs is 2. The second-order valence-electron chi connectivity index (χ2n) is 12.8. The van der Waals surface area contributed by atoms with Gasteiger partial charge in [-0.25, -0.2) is 14.8 Å². The van der Waals surface area contributed by atoms with Crippen molar-refractivity contribution >= 4 is 44.6 Å². The molecule has 3 atom stereocenters. The summed E-state index contributed by atoms with van der Waals surface area (Å²) < 4.78 is 7.01. The lowest BCUT2D eigenvalue weighted by Gasteiger charge is -2.31. The average Bonchev–Trinajstić information content (AvgIpc) is 3.62. The summed E-state index contributed by atoms with van der Waals surface area (Å²) in [6.45, 7) is 8.48. The van der Waals surface area contributed by atoms with Crippen molar-refractivity contribution in [3.63, 3.8) is 0 Å². The zero-order valence-corrected chi connectivity index (χ0v) is 27.4. The van der Waals surface area contributed by atoms with Gasteiger partial charge >= 0.3 is 5.97 Å². The number of allylic oxidation sites excluding steroid dienone is 1. The van der Waals surface area contributed by atoms with Gasteiger partial charge in [-0.15, -0.1) is 11.3 Å². The number of rotatable bonds is 10. The molecule has 2 aromatic carbocycles. The monoisotopic (exact) mass is 639 g/mol. The van der Waals surface area contributed by atoms with Crippen LogP contribution in [0.25, 0.3) is 26.4 Å². The number of benzene rings is 2. The normalized spacial score (nSPS) is 22.0. The lowest BCUT2D eigenvalue weighted by atomic mass is 9.88. The molecule has 1 fully saturated rings. The number of thiazole rings is 1. The topological polar surface area (TPSA) is 134 Å². The lowest BCUT2D eigenvalue weighted by molar-refractivity contribution is 0.00863. The first-order valence-electron chi connectivity index (χ1n) is 15.8. The highest BCUT2D eigenvalue weighted by Gasteiger charge is 2.40. The molecule has 4 aromatic rings. The Morgan fingerprint density at radius 2 is 2.00 bits per heavy atom. The molecule has 10 heteroatoms. The summed E-state index contributed by atoms with van der Waals surface area (Å²) in [4.78, 5) is 29.2. The molecule has 2 aromatic heterocycles. The summed E-state index contributed by atoms with van der Waals surface area (Å²) in [6.07, 6.45) is 4.14. The van der Waals surface area contributed by atoms with Crippen molar-refractivity contribution in [2.75, 3.05) is 31.2 Å². The molecule has 1 aliphatic heterocycles. The summed E-state index contributed by atoms with van der Waals surface area (Å²) >= 11 is 1.68. The number of anilines is 1. The molecule has 9 nitrogen and oxygen atoms in total. The van der Waals surface area contributed by atoms with Crippen LogP contribution < -0.4 is 10.6 Å². The zero-order chi connectivity index (χ0) is 32.4. The number of hydrogen-bond donors (Lipinski definition) is 3. The molecule has 3 heterocycles. The van der Waals surface area contributed by atoms with Crippen LogP contribution in [0, 0.1) is 11.3 Å². The third-order valence-electron chi connectivity index (χ3n) is 9.32. The number of ether oxygens (including phenoxy) is 1. The van der Waals surface area contributed by atoms with E-state index in [1.807, 2.05) is 31.2 Å². The van der Waals surface area contributed by atoms with Gasteiger partial charge in [-0.2, -0.15) is 0 Å². The summed E-state index contributed by atoms with van der Waals surface area (Å²) in [5, 5.41) is 20.4. The van der Waals surface area contributed by atoms with Gasteiger partial charge in [0.1, 0.15) is 10.8 Å². The van der Waals surface area contributed by atoms with Crippen LogP contribution in [0.15, 0.2) is 65.8 Å². The van der Waals surface area contributed by atoms with Gasteiger partial charge in [0.25, 0.3) is 0 Å². The van der Waals surface area contributed by atoms with Gasteiger partial charge in [0.15, 0.2) is 5.69 Å². The number of pyridine rings is 1. The van der Waals surface area contributed by atoms with Crippen LogP contribution in [0.3, 0.4) is 0 Å². The van der Waals surface area contributed by atoms with Crippen LogP contribution in [0.4, 0.5) is 5.82 Å². The molecule has 0 bridgehead atoms. The average molecular weight is 640 g/mol. The number of aliphatic hydroxyl groups is 1. The molecular weight excluding hydrogens is 598 g/mol. The largest absolute Gasteiger partial charge is 0.476 e. The van der Waals surface area contributed by atoms with Gasteiger partial charge in [-0.1, -0.05) is 44.2 Å². The van der Waals surface area contributed by atoms with E-state index >= 15 is 0 Å². The molecule has 0 spiro atoms. The Morgan fingerprint density at radius 1 is 1.17 bits per heavy atom. The Hall–Kier alpha value is -4.12. The van der Waals surface area contributed by atoms with Crippen molar-refractivity contribution in [3.05, 3.63) is 83.2 Å². The number of nitrogens with two attached hydrogens (primary N) is 1. The minimum absolute atomic E-state index is 0.0108. The highest BCUT2D eigenvalue weighted by Crippen LogP contribution is 2.43. The fraction of sp³-hybridized carbons (Fsp3) is 0.389. The molecule has 3 unspecified atom stereocenters. The minimum Gasteiger partial charge on any atom is -0.476 e. The molecule has 0 saturated heterocycles. The second-order valence-corrected chi connectivity index (χ2v) is 13.8. The predicted molar refractivity (Wildman–Crippen MR) is 184 cm³/mol. The van der Waals surface area contributed by atoms with E-state index in [2.05, 4.69) is 48.0 Å². The number of aromatic carboxylic acids is 1. The molecule has 1 saturated carbocycles. The predicted octanol–water partition coefficient (Wildman–Crippen LogP) is 6.19. The van der Waals surface area contributed by atoms with Crippen molar-refractivity contribution in [1.82, 2.24) is 9.97 Å².